The molecule has 0 unspecified atom stereocenters. The number of rotatable bonds is 3. The largest absolute Gasteiger partial charge is 0.294 e. The highest BCUT2D eigenvalue weighted by Gasteiger charge is 2.12. The summed E-state index contributed by atoms with van der Waals surface area (Å²) >= 11 is 5.83. The number of aromatic nitrogens is 2. The second-order valence-electron chi connectivity index (χ2n) is 4.13. The lowest BCUT2D eigenvalue weighted by Gasteiger charge is -2.07. The van der Waals surface area contributed by atoms with Crippen LogP contribution in [0.2, 0.25) is 5.02 Å². The van der Waals surface area contributed by atoms with Gasteiger partial charge in [-0.05, 0) is 32.0 Å². The first kappa shape index (κ1) is 13.5. The fourth-order valence-corrected chi connectivity index (χ4v) is 1.90. The zero-order valence-electron chi connectivity index (χ0n) is 10.7. The summed E-state index contributed by atoms with van der Waals surface area (Å²) in [4.78, 5) is 23.4. The van der Waals surface area contributed by atoms with Gasteiger partial charge in [-0.3, -0.25) is 9.59 Å². The summed E-state index contributed by atoms with van der Waals surface area (Å²) in [6, 6.07) is 8.62. The number of ketones is 1. The monoisotopic (exact) mass is 276 g/mol. The zero-order valence-corrected chi connectivity index (χ0v) is 11.4. The molecule has 98 valence electrons. The highest BCUT2D eigenvalue weighted by Crippen LogP contribution is 2.19. The number of hydrogen-bond acceptors (Lipinski definition) is 3. The van der Waals surface area contributed by atoms with Crippen LogP contribution < -0.4 is 5.56 Å². The van der Waals surface area contributed by atoms with Crippen LogP contribution in [0.4, 0.5) is 0 Å². The van der Waals surface area contributed by atoms with Crippen LogP contribution in [0, 0.1) is 0 Å². The first-order valence-electron chi connectivity index (χ1n) is 5.92. The van der Waals surface area contributed by atoms with Crippen LogP contribution in [0.25, 0.3) is 11.3 Å². The van der Waals surface area contributed by atoms with Crippen molar-refractivity contribution in [3.63, 3.8) is 0 Å². The number of carbonyl (C=O) groups is 1. The van der Waals surface area contributed by atoms with Crippen molar-refractivity contribution in [3.8, 4) is 11.3 Å². The average molecular weight is 277 g/mol. The first-order valence-corrected chi connectivity index (χ1v) is 6.29. The molecule has 0 aliphatic rings. The van der Waals surface area contributed by atoms with E-state index in [1.165, 1.54) is 17.7 Å². The molecule has 2 aromatic rings. The molecule has 0 N–H and O–H groups in total. The van der Waals surface area contributed by atoms with Gasteiger partial charge in [0.2, 0.25) is 0 Å². The van der Waals surface area contributed by atoms with Crippen molar-refractivity contribution in [2.45, 2.75) is 20.4 Å². The Morgan fingerprint density at radius 2 is 1.95 bits per heavy atom. The van der Waals surface area contributed by atoms with Gasteiger partial charge in [0.1, 0.15) is 0 Å². The third kappa shape index (κ3) is 2.74. The molecule has 0 amide bonds. The minimum Gasteiger partial charge on any atom is -0.294 e. The summed E-state index contributed by atoms with van der Waals surface area (Å²) in [5.41, 5.74) is 1.20. The van der Waals surface area contributed by atoms with Crippen LogP contribution >= 0.6 is 11.6 Å². The van der Waals surface area contributed by atoms with E-state index in [1.807, 2.05) is 6.92 Å². The fraction of sp³-hybridized carbons (Fsp3) is 0.214. The van der Waals surface area contributed by atoms with Crippen molar-refractivity contribution in [2.75, 3.05) is 0 Å². The van der Waals surface area contributed by atoms with Crippen LogP contribution in [0.1, 0.15) is 24.2 Å². The van der Waals surface area contributed by atoms with Gasteiger partial charge in [-0.2, -0.15) is 5.10 Å². The first-order chi connectivity index (χ1) is 9.02. The maximum atomic E-state index is 11.9. The molecule has 5 heteroatoms. The van der Waals surface area contributed by atoms with E-state index in [9.17, 15) is 9.59 Å². The van der Waals surface area contributed by atoms with Gasteiger partial charge < -0.3 is 0 Å². The highest BCUT2D eigenvalue weighted by molar-refractivity contribution is 6.30. The van der Waals surface area contributed by atoms with Crippen molar-refractivity contribution >= 4 is 17.4 Å². The van der Waals surface area contributed by atoms with E-state index in [4.69, 9.17) is 11.6 Å². The van der Waals surface area contributed by atoms with Crippen LogP contribution in [0.3, 0.4) is 0 Å². The molecule has 1 aromatic carbocycles. The van der Waals surface area contributed by atoms with Crippen LogP contribution in [0.15, 0.2) is 35.1 Å². The molecule has 0 fully saturated rings. The SMILES string of the molecule is CCn1nc(-c2ccc(Cl)cc2)cc(C(C)=O)c1=O. The van der Waals surface area contributed by atoms with Gasteiger partial charge in [-0.15, -0.1) is 0 Å². The Morgan fingerprint density at radius 3 is 2.47 bits per heavy atom. The van der Waals surface area contributed by atoms with E-state index in [0.29, 0.717) is 17.3 Å². The summed E-state index contributed by atoms with van der Waals surface area (Å²) in [5, 5.41) is 4.87. The Hall–Kier alpha value is -1.94. The highest BCUT2D eigenvalue weighted by atomic mass is 35.5. The van der Waals surface area contributed by atoms with Crippen LogP contribution in [0.5, 0.6) is 0 Å². The predicted molar refractivity (Wildman–Crippen MR) is 74.6 cm³/mol. The molecule has 0 saturated carbocycles. The predicted octanol–water partition coefficient (Wildman–Crippen LogP) is 2.79. The molecule has 0 aliphatic heterocycles. The standard InChI is InChI=1S/C14H13ClN2O2/c1-3-17-14(19)12(9(2)18)8-13(16-17)10-4-6-11(15)7-5-10/h4-8H,3H2,1-2H3. The number of Topliss-reactive ketones (excluding diaryl/α,β-unsaturated/α-hetero) is 1. The maximum absolute atomic E-state index is 11.9. The summed E-state index contributed by atoms with van der Waals surface area (Å²) < 4.78 is 1.29. The lowest BCUT2D eigenvalue weighted by atomic mass is 10.1. The van der Waals surface area contributed by atoms with Crippen molar-refractivity contribution in [1.29, 1.82) is 0 Å². The number of halogens is 1. The summed E-state index contributed by atoms with van der Waals surface area (Å²) in [6.45, 7) is 3.60. The molecule has 0 aliphatic carbocycles. The molecule has 4 nitrogen and oxygen atoms in total. The number of hydrogen-bond donors (Lipinski definition) is 0. The number of nitrogens with zero attached hydrogens (tertiary/aromatic N) is 2. The molecule has 0 atom stereocenters. The normalized spacial score (nSPS) is 10.5. The fourth-order valence-electron chi connectivity index (χ4n) is 1.77. The molecular weight excluding hydrogens is 264 g/mol. The molecule has 2 rings (SSSR count). The van der Waals surface area contributed by atoms with Gasteiger partial charge >= 0.3 is 0 Å². The molecular formula is C14H13ClN2O2. The minimum atomic E-state index is -0.354. The van der Waals surface area contributed by atoms with Crippen molar-refractivity contribution in [2.24, 2.45) is 0 Å². The summed E-state index contributed by atoms with van der Waals surface area (Å²) in [5.74, 6) is -0.259. The second-order valence-corrected chi connectivity index (χ2v) is 4.56. The smallest absolute Gasteiger partial charge is 0.277 e. The molecule has 0 radical (unpaired) electrons. The molecule has 0 spiro atoms. The van der Waals surface area contributed by atoms with Gasteiger partial charge in [0.15, 0.2) is 5.78 Å². The number of benzene rings is 1. The Kier molecular flexibility index (Phi) is 3.81. The van der Waals surface area contributed by atoms with Crippen molar-refractivity contribution in [3.05, 3.63) is 51.3 Å². The maximum Gasteiger partial charge on any atom is 0.277 e. The third-order valence-electron chi connectivity index (χ3n) is 2.79. The Balaban J connectivity index is 2.64. The van der Waals surface area contributed by atoms with E-state index in [0.717, 1.165) is 5.56 Å². The van der Waals surface area contributed by atoms with E-state index in [2.05, 4.69) is 5.10 Å². The van der Waals surface area contributed by atoms with E-state index in [1.54, 1.807) is 24.3 Å². The number of aryl methyl sites for hydroxylation is 1. The van der Waals surface area contributed by atoms with Gasteiger partial charge in [0, 0.05) is 17.1 Å². The topological polar surface area (TPSA) is 52.0 Å². The number of carbonyl (C=O) groups excluding carboxylic acids is 1. The molecule has 0 bridgehead atoms. The molecule has 0 saturated heterocycles. The molecule has 1 aromatic heterocycles. The van der Waals surface area contributed by atoms with E-state index in [-0.39, 0.29) is 16.9 Å². The Morgan fingerprint density at radius 1 is 1.32 bits per heavy atom. The van der Waals surface area contributed by atoms with Crippen molar-refractivity contribution < 1.29 is 4.79 Å². The zero-order chi connectivity index (χ0) is 14.0. The summed E-state index contributed by atoms with van der Waals surface area (Å²) in [7, 11) is 0. The Labute approximate surface area is 115 Å². The van der Waals surface area contributed by atoms with E-state index >= 15 is 0 Å². The van der Waals surface area contributed by atoms with Crippen LogP contribution in [-0.2, 0) is 6.54 Å². The Bertz CT molecular complexity index is 675. The average Bonchev–Trinajstić information content (AvgIpc) is 2.39. The van der Waals surface area contributed by atoms with Gasteiger partial charge in [-0.1, -0.05) is 23.7 Å². The second kappa shape index (κ2) is 5.36. The van der Waals surface area contributed by atoms with Gasteiger partial charge in [0.05, 0.1) is 11.3 Å². The minimum absolute atomic E-state index is 0.154. The lowest BCUT2D eigenvalue weighted by Crippen LogP contribution is -2.27. The lowest BCUT2D eigenvalue weighted by molar-refractivity contribution is 0.101. The van der Waals surface area contributed by atoms with Crippen LogP contribution in [-0.4, -0.2) is 15.6 Å². The quantitative estimate of drug-likeness (QED) is 0.810. The third-order valence-corrected chi connectivity index (χ3v) is 3.05. The summed E-state index contributed by atoms with van der Waals surface area (Å²) in [6.07, 6.45) is 0. The van der Waals surface area contributed by atoms with E-state index < -0.39 is 0 Å². The molecule has 1 heterocycles. The molecule has 19 heavy (non-hydrogen) atoms. The van der Waals surface area contributed by atoms with Crippen molar-refractivity contribution in [1.82, 2.24) is 9.78 Å². The van der Waals surface area contributed by atoms with Gasteiger partial charge in [-0.25, -0.2) is 4.68 Å². The van der Waals surface area contributed by atoms with Gasteiger partial charge in [0.25, 0.3) is 5.56 Å².